The highest BCUT2D eigenvalue weighted by molar-refractivity contribution is 7.92. The molecule has 1 aliphatic rings. The largest absolute Gasteiger partial charge is 0.267 e. The minimum Gasteiger partial charge on any atom is -0.266 e. The molecule has 0 aliphatic carbocycles. The van der Waals surface area contributed by atoms with Crippen molar-refractivity contribution in [3.8, 4) is 5.69 Å². The van der Waals surface area contributed by atoms with E-state index < -0.39 is 15.8 Å². The van der Waals surface area contributed by atoms with Crippen molar-refractivity contribution in [2.45, 2.75) is 17.7 Å². The van der Waals surface area contributed by atoms with Crippen LogP contribution in [0.2, 0.25) is 0 Å². The summed E-state index contributed by atoms with van der Waals surface area (Å²) in [7, 11) is -3.75. The van der Waals surface area contributed by atoms with Crippen LogP contribution in [0.3, 0.4) is 0 Å². The fraction of sp³-hybridized carbons (Fsp3) is 0.167. The van der Waals surface area contributed by atoms with Gasteiger partial charge in [0.25, 0.3) is 10.0 Å². The van der Waals surface area contributed by atoms with Crippen LogP contribution in [0.5, 0.6) is 0 Å². The third-order valence-electron chi connectivity index (χ3n) is 4.31. The van der Waals surface area contributed by atoms with Gasteiger partial charge in [-0.3, -0.25) is 4.31 Å². The molecule has 5 nitrogen and oxygen atoms in total. The summed E-state index contributed by atoms with van der Waals surface area (Å²) in [5.74, 6) is -0.460. The van der Waals surface area contributed by atoms with Gasteiger partial charge in [0.15, 0.2) is 0 Å². The lowest BCUT2D eigenvalue weighted by Gasteiger charge is -2.29. The molecule has 0 unspecified atom stereocenters. The molecule has 0 radical (unpaired) electrons. The van der Waals surface area contributed by atoms with Gasteiger partial charge in [-0.1, -0.05) is 30.3 Å². The second kappa shape index (κ2) is 6.00. The van der Waals surface area contributed by atoms with Gasteiger partial charge in [0.05, 0.1) is 18.1 Å². The molecule has 0 N–H and O–H groups in total. The van der Waals surface area contributed by atoms with E-state index in [0.717, 1.165) is 18.4 Å². The van der Waals surface area contributed by atoms with E-state index >= 15 is 0 Å². The maximum atomic E-state index is 13.9. The van der Waals surface area contributed by atoms with Gasteiger partial charge >= 0.3 is 0 Å². The van der Waals surface area contributed by atoms with E-state index in [1.54, 1.807) is 18.2 Å². The monoisotopic (exact) mass is 357 g/mol. The number of anilines is 1. The SMILES string of the molecule is O=S(=O)(c1cnn(-c2ccccc2F)c1)N1CCCc2ccccc21. The molecule has 3 aromatic rings. The Morgan fingerprint density at radius 1 is 1.00 bits per heavy atom. The van der Waals surface area contributed by atoms with Crippen LogP contribution in [0, 0.1) is 5.82 Å². The van der Waals surface area contributed by atoms with E-state index in [1.807, 2.05) is 24.3 Å². The Hall–Kier alpha value is -2.67. The third kappa shape index (κ3) is 2.70. The van der Waals surface area contributed by atoms with Crippen LogP contribution in [-0.2, 0) is 16.4 Å². The van der Waals surface area contributed by atoms with E-state index in [0.29, 0.717) is 12.2 Å². The highest BCUT2D eigenvalue weighted by Crippen LogP contribution is 2.31. The molecule has 2 heterocycles. The highest BCUT2D eigenvalue weighted by atomic mass is 32.2. The highest BCUT2D eigenvalue weighted by Gasteiger charge is 2.30. The lowest BCUT2D eigenvalue weighted by atomic mass is 10.0. The molecular formula is C18H16FN3O2S. The lowest BCUT2D eigenvalue weighted by molar-refractivity contribution is 0.586. The molecule has 0 bridgehead atoms. The average Bonchev–Trinajstić information content (AvgIpc) is 3.12. The molecule has 4 rings (SSSR count). The van der Waals surface area contributed by atoms with Gasteiger partial charge in [-0.15, -0.1) is 0 Å². The quantitative estimate of drug-likeness (QED) is 0.724. The molecule has 0 atom stereocenters. The Balaban J connectivity index is 1.75. The van der Waals surface area contributed by atoms with Gasteiger partial charge in [0.2, 0.25) is 0 Å². The number of halogens is 1. The number of benzene rings is 2. The Bertz CT molecular complexity index is 1030. The number of aryl methyl sites for hydroxylation is 1. The summed E-state index contributed by atoms with van der Waals surface area (Å²) in [5.41, 5.74) is 1.93. The first-order chi connectivity index (χ1) is 12.1. The molecular weight excluding hydrogens is 341 g/mol. The molecule has 1 aliphatic heterocycles. The summed E-state index contributed by atoms with van der Waals surface area (Å²) >= 11 is 0. The van der Waals surface area contributed by atoms with Crippen molar-refractivity contribution < 1.29 is 12.8 Å². The fourth-order valence-electron chi connectivity index (χ4n) is 3.08. The molecule has 2 aromatic carbocycles. The van der Waals surface area contributed by atoms with E-state index in [-0.39, 0.29) is 10.6 Å². The van der Waals surface area contributed by atoms with Crippen LogP contribution >= 0.6 is 0 Å². The van der Waals surface area contributed by atoms with Crippen molar-refractivity contribution in [3.05, 3.63) is 72.3 Å². The predicted molar refractivity (Wildman–Crippen MR) is 92.8 cm³/mol. The van der Waals surface area contributed by atoms with Gasteiger partial charge < -0.3 is 0 Å². The Kier molecular flexibility index (Phi) is 3.80. The van der Waals surface area contributed by atoms with E-state index in [9.17, 15) is 12.8 Å². The van der Waals surface area contributed by atoms with Crippen LogP contribution in [0.25, 0.3) is 5.69 Å². The minimum atomic E-state index is -3.75. The van der Waals surface area contributed by atoms with Gasteiger partial charge in [-0.2, -0.15) is 5.10 Å². The second-order valence-electron chi connectivity index (χ2n) is 5.88. The van der Waals surface area contributed by atoms with Crippen LogP contribution in [-0.4, -0.2) is 24.7 Å². The minimum absolute atomic E-state index is 0.0486. The number of hydrogen-bond acceptors (Lipinski definition) is 3. The number of hydrogen-bond donors (Lipinski definition) is 0. The second-order valence-corrected chi connectivity index (χ2v) is 7.74. The van der Waals surface area contributed by atoms with Crippen LogP contribution in [0.4, 0.5) is 10.1 Å². The topological polar surface area (TPSA) is 55.2 Å². The van der Waals surface area contributed by atoms with Crippen LogP contribution < -0.4 is 4.31 Å². The summed E-state index contributed by atoms with van der Waals surface area (Å²) in [4.78, 5) is 0.0486. The number of sulfonamides is 1. The van der Waals surface area contributed by atoms with Crippen LogP contribution in [0.1, 0.15) is 12.0 Å². The van der Waals surface area contributed by atoms with E-state index in [2.05, 4.69) is 5.10 Å². The van der Waals surface area contributed by atoms with Gasteiger partial charge in [-0.25, -0.2) is 17.5 Å². The summed E-state index contributed by atoms with van der Waals surface area (Å²) in [6.07, 6.45) is 4.23. The maximum absolute atomic E-state index is 13.9. The van der Waals surface area contributed by atoms with Crippen LogP contribution in [0.15, 0.2) is 65.8 Å². The molecule has 0 spiro atoms. The average molecular weight is 357 g/mol. The molecule has 0 amide bonds. The van der Waals surface area contributed by atoms with Crippen molar-refractivity contribution in [3.63, 3.8) is 0 Å². The Labute approximate surface area is 145 Å². The molecule has 0 saturated heterocycles. The zero-order chi connectivity index (χ0) is 17.4. The first-order valence-corrected chi connectivity index (χ1v) is 9.41. The van der Waals surface area contributed by atoms with Gasteiger partial charge in [0, 0.05) is 6.54 Å². The zero-order valence-electron chi connectivity index (χ0n) is 13.3. The molecule has 128 valence electrons. The number of rotatable bonds is 3. The van der Waals surface area contributed by atoms with Crippen molar-refractivity contribution in [1.82, 2.24) is 9.78 Å². The molecule has 7 heteroatoms. The normalized spacial score (nSPS) is 14.4. The number of nitrogens with zero attached hydrogens (tertiary/aromatic N) is 3. The van der Waals surface area contributed by atoms with Crippen molar-refractivity contribution in [1.29, 1.82) is 0 Å². The molecule has 1 aromatic heterocycles. The Morgan fingerprint density at radius 2 is 1.72 bits per heavy atom. The summed E-state index contributed by atoms with van der Waals surface area (Å²) in [6, 6.07) is 13.6. The first-order valence-electron chi connectivity index (χ1n) is 7.97. The van der Waals surface area contributed by atoms with Gasteiger partial charge in [-0.05, 0) is 36.6 Å². The number of fused-ring (bicyclic) bond motifs is 1. The third-order valence-corrected chi connectivity index (χ3v) is 6.08. The molecule has 0 saturated carbocycles. The fourth-order valence-corrected chi connectivity index (χ4v) is 4.56. The number of para-hydroxylation sites is 2. The van der Waals surface area contributed by atoms with Gasteiger partial charge in [0.1, 0.15) is 16.4 Å². The predicted octanol–water partition coefficient (Wildman–Crippen LogP) is 3.15. The zero-order valence-corrected chi connectivity index (χ0v) is 14.2. The Morgan fingerprint density at radius 3 is 2.52 bits per heavy atom. The molecule has 0 fully saturated rings. The van der Waals surface area contributed by atoms with Crippen molar-refractivity contribution >= 4 is 15.7 Å². The summed E-state index contributed by atoms with van der Waals surface area (Å²) in [5, 5.41) is 4.04. The van der Waals surface area contributed by atoms with E-state index in [1.165, 1.54) is 27.4 Å². The smallest absolute Gasteiger partial charge is 0.266 e. The number of aromatic nitrogens is 2. The van der Waals surface area contributed by atoms with Crippen molar-refractivity contribution in [2.24, 2.45) is 0 Å². The maximum Gasteiger partial charge on any atom is 0.267 e. The van der Waals surface area contributed by atoms with E-state index in [4.69, 9.17) is 0 Å². The summed E-state index contributed by atoms with van der Waals surface area (Å²) in [6.45, 7) is 0.421. The first kappa shape index (κ1) is 15.8. The van der Waals surface area contributed by atoms with Crippen molar-refractivity contribution in [2.75, 3.05) is 10.8 Å². The molecule has 25 heavy (non-hydrogen) atoms. The summed E-state index contributed by atoms with van der Waals surface area (Å²) < 4.78 is 42.7. The standard InChI is InChI=1S/C18H16FN3O2S/c19-16-8-2-4-10-18(16)21-13-15(12-20-21)25(23,24)22-11-5-7-14-6-1-3-9-17(14)22/h1-4,6,8-10,12-13H,5,7,11H2. The lowest BCUT2D eigenvalue weighted by Crippen LogP contribution is -2.35.